The molecule has 0 spiro atoms. The van der Waals surface area contributed by atoms with E-state index in [0.717, 1.165) is 22.4 Å². The van der Waals surface area contributed by atoms with Gasteiger partial charge in [-0.3, -0.25) is 0 Å². The summed E-state index contributed by atoms with van der Waals surface area (Å²) in [5.74, 6) is -0.380. The summed E-state index contributed by atoms with van der Waals surface area (Å²) in [5, 5.41) is 5.94. The maximum Gasteiger partial charge on any atom is 0.407 e. The first-order valence-electron chi connectivity index (χ1n) is 9.58. The van der Waals surface area contributed by atoms with Crippen molar-refractivity contribution < 1.29 is 19.1 Å². The molecule has 0 fully saturated rings. The highest BCUT2D eigenvalue weighted by Gasteiger charge is 2.21. The van der Waals surface area contributed by atoms with E-state index in [1.807, 2.05) is 84.9 Å². The summed E-state index contributed by atoms with van der Waals surface area (Å²) in [7, 11) is 1.36. The molecule has 1 atom stereocenters. The van der Waals surface area contributed by atoms with Crippen molar-refractivity contribution in [2.45, 2.75) is 19.2 Å². The first-order chi connectivity index (χ1) is 14.7. The SMILES string of the molecule is COC(=O)C(Nc1cccc(CNC(=O)OCc2ccccc2)c1)c1ccccc1. The van der Waals surface area contributed by atoms with Gasteiger partial charge in [-0.05, 0) is 28.8 Å². The average Bonchev–Trinajstić information content (AvgIpc) is 2.81. The van der Waals surface area contributed by atoms with Crippen molar-refractivity contribution in [3.05, 3.63) is 102 Å². The van der Waals surface area contributed by atoms with E-state index in [2.05, 4.69) is 10.6 Å². The van der Waals surface area contributed by atoms with E-state index in [0.29, 0.717) is 6.54 Å². The van der Waals surface area contributed by atoms with Gasteiger partial charge < -0.3 is 20.1 Å². The highest BCUT2D eigenvalue weighted by molar-refractivity contribution is 5.81. The normalized spacial score (nSPS) is 11.2. The number of hydrogen-bond donors (Lipinski definition) is 2. The van der Waals surface area contributed by atoms with E-state index in [1.54, 1.807) is 0 Å². The van der Waals surface area contributed by atoms with Gasteiger partial charge in [0, 0.05) is 12.2 Å². The van der Waals surface area contributed by atoms with Crippen molar-refractivity contribution in [3.8, 4) is 0 Å². The van der Waals surface area contributed by atoms with E-state index in [4.69, 9.17) is 9.47 Å². The van der Waals surface area contributed by atoms with Crippen LogP contribution in [-0.2, 0) is 27.4 Å². The molecule has 30 heavy (non-hydrogen) atoms. The summed E-state index contributed by atoms with van der Waals surface area (Å²) in [6.07, 6.45) is -0.492. The fourth-order valence-corrected chi connectivity index (χ4v) is 2.93. The van der Waals surface area contributed by atoms with Gasteiger partial charge in [-0.25, -0.2) is 9.59 Å². The topological polar surface area (TPSA) is 76.7 Å². The summed E-state index contributed by atoms with van der Waals surface area (Å²) in [5.41, 5.74) is 3.34. The number of nitrogens with one attached hydrogen (secondary N) is 2. The van der Waals surface area contributed by atoms with Crippen LogP contribution < -0.4 is 10.6 Å². The Morgan fingerprint density at radius 3 is 2.23 bits per heavy atom. The van der Waals surface area contributed by atoms with Gasteiger partial charge in [-0.2, -0.15) is 0 Å². The summed E-state index contributed by atoms with van der Waals surface area (Å²) < 4.78 is 10.2. The molecule has 154 valence electrons. The maximum absolute atomic E-state index is 12.2. The monoisotopic (exact) mass is 404 g/mol. The molecule has 3 aromatic carbocycles. The molecule has 6 heteroatoms. The average molecular weight is 404 g/mol. The zero-order valence-electron chi connectivity index (χ0n) is 16.7. The first-order valence-corrected chi connectivity index (χ1v) is 9.58. The Kier molecular flexibility index (Phi) is 7.44. The molecule has 2 N–H and O–H groups in total. The second-order valence-electron chi connectivity index (χ2n) is 6.63. The smallest absolute Gasteiger partial charge is 0.407 e. The van der Waals surface area contributed by atoms with Crippen molar-refractivity contribution >= 4 is 17.7 Å². The van der Waals surface area contributed by atoms with Gasteiger partial charge in [-0.1, -0.05) is 72.8 Å². The molecule has 0 saturated carbocycles. The Labute approximate surface area is 175 Å². The van der Waals surface area contributed by atoms with Gasteiger partial charge in [0.25, 0.3) is 0 Å². The summed E-state index contributed by atoms with van der Waals surface area (Å²) in [4.78, 5) is 24.2. The molecular weight excluding hydrogens is 380 g/mol. The third kappa shape index (κ3) is 6.10. The van der Waals surface area contributed by atoms with Crippen LogP contribution in [0.3, 0.4) is 0 Å². The van der Waals surface area contributed by atoms with E-state index < -0.39 is 12.1 Å². The molecular formula is C24H24N2O4. The molecule has 0 radical (unpaired) electrons. The number of anilines is 1. The summed E-state index contributed by atoms with van der Waals surface area (Å²) in [6.45, 7) is 0.517. The molecule has 0 aliphatic rings. The molecule has 0 aromatic heterocycles. The Bertz CT molecular complexity index is 961. The zero-order valence-corrected chi connectivity index (χ0v) is 16.7. The Morgan fingerprint density at radius 2 is 1.53 bits per heavy atom. The van der Waals surface area contributed by atoms with Crippen LogP contribution in [0.4, 0.5) is 10.5 Å². The predicted octanol–water partition coefficient (Wildman–Crippen LogP) is 4.44. The first kappa shape index (κ1) is 20.9. The lowest BCUT2D eigenvalue weighted by atomic mass is 10.1. The Balaban J connectivity index is 1.58. The molecule has 3 rings (SSSR count). The fourth-order valence-electron chi connectivity index (χ4n) is 2.93. The van der Waals surface area contributed by atoms with Gasteiger partial charge in [-0.15, -0.1) is 0 Å². The second-order valence-corrected chi connectivity index (χ2v) is 6.63. The summed E-state index contributed by atoms with van der Waals surface area (Å²) >= 11 is 0. The number of amides is 1. The Morgan fingerprint density at radius 1 is 0.867 bits per heavy atom. The molecule has 6 nitrogen and oxygen atoms in total. The lowest BCUT2D eigenvalue weighted by Gasteiger charge is -2.18. The molecule has 1 amide bonds. The van der Waals surface area contributed by atoms with Crippen LogP contribution in [-0.4, -0.2) is 19.2 Å². The standard InChI is InChI=1S/C24H24N2O4/c1-29-23(27)22(20-12-6-3-7-13-20)26-21-14-8-11-19(15-21)16-25-24(28)30-17-18-9-4-2-5-10-18/h2-15,22,26H,16-17H2,1H3,(H,25,28). The van der Waals surface area contributed by atoms with Crippen LogP contribution in [0, 0.1) is 0 Å². The van der Waals surface area contributed by atoms with Crippen molar-refractivity contribution in [1.29, 1.82) is 0 Å². The van der Waals surface area contributed by atoms with Gasteiger partial charge in [0.1, 0.15) is 6.61 Å². The van der Waals surface area contributed by atoms with Gasteiger partial charge in [0.2, 0.25) is 0 Å². The second kappa shape index (κ2) is 10.7. The highest BCUT2D eigenvalue weighted by Crippen LogP contribution is 2.21. The van der Waals surface area contributed by atoms with Crippen molar-refractivity contribution in [3.63, 3.8) is 0 Å². The summed E-state index contributed by atoms with van der Waals surface area (Å²) in [6, 6.07) is 25.7. The maximum atomic E-state index is 12.2. The molecule has 0 heterocycles. The van der Waals surface area contributed by atoms with Gasteiger partial charge in [0.15, 0.2) is 6.04 Å². The van der Waals surface area contributed by atoms with E-state index in [-0.39, 0.29) is 12.6 Å². The van der Waals surface area contributed by atoms with E-state index >= 15 is 0 Å². The van der Waals surface area contributed by atoms with Crippen LogP contribution >= 0.6 is 0 Å². The molecule has 0 saturated heterocycles. The minimum absolute atomic E-state index is 0.214. The lowest BCUT2D eigenvalue weighted by molar-refractivity contribution is -0.141. The van der Waals surface area contributed by atoms with Gasteiger partial charge >= 0.3 is 12.1 Å². The predicted molar refractivity (Wildman–Crippen MR) is 115 cm³/mol. The number of rotatable bonds is 8. The van der Waals surface area contributed by atoms with E-state index in [9.17, 15) is 9.59 Å². The number of alkyl carbamates (subject to hydrolysis) is 1. The zero-order chi connectivity index (χ0) is 21.2. The number of carbonyl (C=O) groups excluding carboxylic acids is 2. The third-order valence-electron chi connectivity index (χ3n) is 4.46. The largest absolute Gasteiger partial charge is 0.467 e. The minimum Gasteiger partial charge on any atom is -0.467 e. The highest BCUT2D eigenvalue weighted by atomic mass is 16.5. The molecule has 1 unspecified atom stereocenters. The minimum atomic E-state index is -0.629. The quantitative estimate of drug-likeness (QED) is 0.543. The molecule has 0 bridgehead atoms. The van der Waals surface area contributed by atoms with Crippen LogP contribution in [0.5, 0.6) is 0 Å². The van der Waals surface area contributed by atoms with Crippen LogP contribution in [0.15, 0.2) is 84.9 Å². The van der Waals surface area contributed by atoms with Crippen LogP contribution in [0.1, 0.15) is 22.7 Å². The molecule has 3 aromatic rings. The number of benzene rings is 3. The van der Waals surface area contributed by atoms with Gasteiger partial charge in [0.05, 0.1) is 7.11 Å². The number of hydrogen-bond acceptors (Lipinski definition) is 5. The number of esters is 1. The van der Waals surface area contributed by atoms with Crippen LogP contribution in [0.25, 0.3) is 0 Å². The van der Waals surface area contributed by atoms with Crippen molar-refractivity contribution in [2.75, 3.05) is 12.4 Å². The Hall–Kier alpha value is -3.80. The van der Waals surface area contributed by atoms with E-state index in [1.165, 1.54) is 7.11 Å². The molecule has 0 aliphatic carbocycles. The third-order valence-corrected chi connectivity index (χ3v) is 4.46. The molecule has 0 aliphatic heterocycles. The number of carbonyl (C=O) groups is 2. The number of ether oxygens (including phenoxy) is 2. The lowest BCUT2D eigenvalue weighted by Crippen LogP contribution is -2.24. The fraction of sp³-hybridized carbons (Fsp3) is 0.167. The van der Waals surface area contributed by atoms with Crippen LogP contribution in [0.2, 0.25) is 0 Å². The van der Waals surface area contributed by atoms with Crippen molar-refractivity contribution in [2.24, 2.45) is 0 Å². The number of methoxy groups -OCH3 is 1. The van der Waals surface area contributed by atoms with Crippen molar-refractivity contribution in [1.82, 2.24) is 5.32 Å².